The summed E-state index contributed by atoms with van der Waals surface area (Å²) < 4.78 is 0. The maximum atomic E-state index is 10.2. The van der Waals surface area contributed by atoms with Crippen LogP contribution in [0.5, 0.6) is 5.75 Å². The van der Waals surface area contributed by atoms with E-state index in [0.717, 1.165) is 11.3 Å². The zero-order valence-electron chi connectivity index (χ0n) is 10.8. The van der Waals surface area contributed by atoms with Crippen LogP contribution in [0.1, 0.15) is 11.1 Å². The van der Waals surface area contributed by atoms with Gasteiger partial charge in [0, 0.05) is 17.8 Å². The van der Waals surface area contributed by atoms with Crippen molar-refractivity contribution in [1.82, 2.24) is 0 Å². The third-order valence-corrected chi connectivity index (χ3v) is 2.58. The van der Waals surface area contributed by atoms with Crippen LogP contribution in [0.4, 0.5) is 11.4 Å². The van der Waals surface area contributed by atoms with E-state index in [-0.39, 0.29) is 11.4 Å². The van der Waals surface area contributed by atoms with Crippen molar-refractivity contribution in [2.75, 3.05) is 5.73 Å². The number of anilines is 1. The summed E-state index contributed by atoms with van der Waals surface area (Å²) >= 11 is 0. The summed E-state index contributed by atoms with van der Waals surface area (Å²) in [5, 5.41) is 19.2. The van der Waals surface area contributed by atoms with Gasteiger partial charge in [-0.1, -0.05) is 18.2 Å². The van der Waals surface area contributed by atoms with Crippen molar-refractivity contribution in [3.05, 3.63) is 63.7 Å². The lowest BCUT2D eigenvalue weighted by molar-refractivity contribution is -0.384. The smallest absolute Gasteiger partial charge is 0.269 e. The minimum atomic E-state index is -0.494. The van der Waals surface area contributed by atoms with Gasteiger partial charge in [0.2, 0.25) is 0 Å². The quantitative estimate of drug-likeness (QED) is 0.468. The molecule has 0 atom stereocenters. The van der Waals surface area contributed by atoms with Crippen LogP contribution in [0.3, 0.4) is 0 Å². The van der Waals surface area contributed by atoms with Crippen LogP contribution in [0.15, 0.2) is 42.5 Å². The van der Waals surface area contributed by atoms with E-state index in [0.29, 0.717) is 5.56 Å². The van der Waals surface area contributed by atoms with Crippen molar-refractivity contribution in [2.24, 2.45) is 0 Å². The van der Waals surface area contributed by atoms with Gasteiger partial charge in [0.05, 0.1) is 4.92 Å². The van der Waals surface area contributed by atoms with E-state index in [2.05, 4.69) is 0 Å². The number of phenols is 1. The molecule has 2 aromatic rings. The monoisotopic (exact) mass is 260 g/mol. The molecule has 0 fully saturated rings. The molecule has 0 aliphatic rings. The molecule has 0 spiro atoms. The number of para-hydroxylation sites is 1. The molecule has 0 unspecified atom stereocenters. The first-order valence-electron chi connectivity index (χ1n) is 5.67. The molecule has 5 nitrogen and oxygen atoms in total. The summed E-state index contributed by atoms with van der Waals surface area (Å²) in [6.45, 7) is 3.61. The van der Waals surface area contributed by atoms with Gasteiger partial charge in [-0.25, -0.2) is 0 Å². The summed E-state index contributed by atoms with van der Waals surface area (Å²) in [5.74, 6) is 0.0793. The van der Waals surface area contributed by atoms with E-state index in [1.165, 1.54) is 18.2 Å². The Hall–Kier alpha value is -2.56. The van der Waals surface area contributed by atoms with Gasteiger partial charge in [-0.15, -0.1) is 0 Å². The number of hydrogen-bond donors (Lipinski definition) is 2. The highest BCUT2D eigenvalue weighted by molar-refractivity contribution is 5.45. The predicted molar refractivity (Wildman–Crippen MR) is 75.1 cm³/mol. The summed E-state index contributed by atoms with van der Waals surface area (Å²) in [7, 11) is 0. The maximum Gasteiger partial charge on any atom is 0.269 e. The molecule has 2 aromatic carbocycles. The standard InChI is InChI=1S/C7H7NO3.C7H9N/c1-5-4-6(8(10)11)2-3-7(5)9;1-6-4-2-3-5-7(6)8/h2-4,9H,1H3;2-5H,8H2,1H3. The van der Waals surface area contributed by atoms with Gasteiger partial charge in [0.25, 0.3) is 5.69 Å². The molecule has 5 heteroatoms. The van der Waals surface area contributed by atoms with Crippen molar-refractivity contribution in [1.29, 1.82) is 0 Å². The van der Waals surface area contributed by atoms with Gasteiger partial charge in [0.1, 0.15) is 5.75 Å². The number of nitrogen functional groups attached to an aromatic ring is 1. The number of hydrogen-bond acceptors (Lipinski definition) is 4. The second-order valence-electron chi connectivity index (χ2n) is 4.08. The van der Waals surface area contributed by atoms with Crippen molar-refractivity contribution < 1.29 is 10.0 Å². The Morgan fingerprint density at radius 1 is 1.11 bits per heavy atom. The molecule has 0 heterocycles. The minimum absolute atomic E-state index is 0.000278. The number of aryl methyl sites for hydroxylation is 2. The van der Waals surface area contributed by atoms with Gasteiger partial charge in [-0.05, 0) is 37.1 Å². The number of nitro benzene ring substituents is 1. The van der Waals surface area contributed by atoms with Crippen molar-refractivity contribution >= 4 is 11.4 Å². The fourth-order valence-corrected chi connectivity index (χ4v) is 1.34. The largest absolute Gasteiger partial charge is 0.508 e. The molecular weight excluding hydrogens is 244 g/mol. The molecule has 19 heavy (non-hydrogen) atoms. The third kappa shape index (κ3) is 4.31. The molecule has 0 aromatic heterocycles. The average Bonchev–Trinajstić information content (AvgIpc) is 2.37. The van der Waals surface area contributed by atoms with Gasteiger partial charge in [-0.3, -0.25) is 10.1 Å². The SMILES string of the molecule is Cc1cc([N+](=O)[O-])ccc1O.Cc1ccccc1N. The zero-order chi connectivity index (χ0) is 14.4. The topological polar surface area (TPSA) is 89.4 Å². The lowest BCUT2D eigenvalue weighted by Gasteiger charge is -1.95. The highest BCUT2D eigenvalue weighted by atomic mass is 16.6. The third-order valence-electron chi connectivity index (χ3n) is 2.58. The zero-order valence-corrected chi connectivity index (χ0v) is 10.8. The Morgan fingerprint density at radius 3 is 2.16 bits per heavy atom. The second-order valence-corrected chi connectivity index (χ2v) is 4.08. The maximum absolute atomic E-state index is 10.2. The molecule has 100 valence electrons. The lowest BCUT2D eigenvalue weighted by Crippen LogP contribution is -1.87. The van der Waals surface area contributed by atoms with E-state index in [9.17, 15) is 10.1 Å². The number of nitro groups is 1. The molecule has 0 bridgehead atoms. The van der Waals surface area contributed by atoms with Crippen LogP contribution in [0, 0.1) is 24.0 Å². The van der Waals surface area contributed by atoms with E-state index < -0.39 is 4.92 Å². The molecule has 0 saturated carbocycles. The molecular formula is C14H16N2O3. The Balaban J connectivity index is 0.000000200. The van der Waals surface area contributed by atoms with E-state index in [1.54, 1.807) is 6.92 Å². The molecule has 0 aliphatic carbocycles. The number of benzene rings is 2. The second kappa shape index (κ2) is 6.39. The molecule has 3 N–H and O–H groups in total. The van der Waals surface area contributed by atoms with Crippen LogP contribution in [0.25, 0.3) is 0 Å². The average molecular weight is 260 g/mol. The summed E-state index contributed by atoms with van der Waals surface area (Å²) in [6.07, 6.45) is 0. The predicted octanol–water partition coefficient (Wildman–Crippen LogP) is 3.19. The van der Waals surface area contributed by atoms with Crippen LogP contribution < -0.4 is 5.73 Å². The Morgan fingerprint density at radius 2 is 1.74 bits per heavy atom. The molecule has 0 aliphatic heterocycles. The van der Waals surface area contributed by atoms with Gasteiger partial charge < -0.3 is 10.8 Å². The van der Waals surface area contributed by atoms with Crippen molar-refractivity contribution in [3.8, 4) is 5.75 Å². The summed E-state index contributed by atoms with van der Waals surface area (Å²) in [6, 6.07) is 11.7. The van der Waals surface area contributed by atoms with Crippen LogP contribution >= 0.6 is 0 Å². The molecule has 0 radical (unpaired) electrons. The van der Waals surface area contributed by atoms with Crippen LogP contribution in [-0.2, 0) is 0 Å². The fraction of sp³-hybridized carbons (Fsp3) is 0.143. The number of non-ortho nitro benzene ring substituents is 1. The highest BCUT2D eigenvalue weighted by Crippen LogP contribution is 2.21. The van der Waals surface area contributed by atoms with Crippen molar-refractivity contribution in [3.63, 3.8) is 0 Å². The van der Waals surface area contributed by atoms with Gasteiger partial charge in [0.15, 0.2) is 0 Å². The number of phenolic OH excluding ortho intramolecular Hbond substituents is 1. The normalized spacial score (nSPS) is 9.37. The Labute approximate surface area is 111 Å². The summed E-state index contributed by atoms with van der Waals surface area (Å²) in [5.41, 5.74) is 8.05. The Bertz CT molecular complexity index is 562. The summed E-state index contributed by atoms with van der Waals surface area (Å²) in [4.78, 5) is 9.69. The van der Waals surface area contributed by atoms with E-state index >= 15 is 0 Å². The van der Waals surface area contributed by atoms with Crippen LogP contribution in [-0.4, -0.2) is 10.0 Å². The van der Waals surface area contributed by atoms with Gasteiger partial charge in [-0.2, -0.15) is 0 Å². The first kappa shape index (κ1) is 14.5. The van der Waals surface area contributed by atoms with E-state index in [4.69, 9.17) is 10.8 Å². The highest BCUT2D eigenvalue weighted by Gasteiger charge is 2.05. The first-order valence-corrected chi connectivity index (χ1v) is 5.67. The van der Waals surface area contributed by atoms with E-state index in [1.807, 2.05) is 31.2 Å². The molecule has 2 rings (SSSR count). The number of rotatable bonds is 1. The Kier molecular flexibility index (Phi) is 4.88. The molecule has 0 saturated heterocycles. The number of nitrogens with zero attached hydrogens (tertiary/aromatic N) is 1. The minimum Gasteiger partial charge on any atom is -0.508 e. The number of aromatic hydroxyl groups is 1. The number of nitrogens with two attached hydrogens (primary N) is 1. The lowest BCUT2D eigenvalue weighted by atomic mass is 10.2. The van der Waals surface area contributed by atoms with Crippen LogP contribution in [0.2, 0.25) is 0 Å². The van der Waals surface area contributed by atoms with Gasteiger partial charge >= 0.3 is 0 Å². The van der Waals surface area contributed by atoms with Crippen molar-refractivity contribution in [2.45, 2.75) is 13.8 Å². The first-order chi connectivity index (χ1) is 8.91. The fourth-order valence-electron chi connectivity index (χ4n) is 1.34. The molecule has 0 amide bonds.